The van der Waals surface area contributed by atoms with E-state index in [1.165, 1.54) is 0 Å². The Morgan fingerprint density at radius 2 is 1.72 bits per heavy atom. The van der Waals surface area contributed by atoms with E-state index < -0.39 is 5.97 Å². The first kappa shape index (κ1) is 20.0. The largest absolute Gasteiger partial charge is 0.462 e. The number of benzene rings is 2. The standard InChI is InChI=1S/C22H22N4O3/c1-3-29-22(28)17-9-4-5-10-18(17)23-19-11-12-20(26-25-19)24-21(27)14-16-8-6-7-15(2)13-16/h4-13H,3,14H2,1-2H3,(H,23,25)(H,24,26,27). The lowest BCUT2D eigenvalue weighted by Gasteiger charge is -2.10. The second kappa shape index (κ2) is 9.45. The van der Waals surface area contributed by atoms with Gasteiger partial charge in [-0.05, 0) is 43.7 Å². The third-order valence-corrected chi connectivity index (χ3v) is 4.06. The number of esters is 1. The summed E-state index contributed by atoms with van der Waals surface area (Å²) in [5.41, 5.74) is 3.01. The van der Waals surface area contributed by atoms with Crippen LogP contribution in [0, 0.1) is 6.92 Å². The van der Waals surface area contributed by atoms with Crippen molar-refractivity contribution in [2.75, 3.05) is 17.2 Å². The lowest BCUT2D eigenvalue weighted by atomic mass is 10.1. The van der Waals surface area contributed by atoms with Gasteiger partial charge in [0.1, 0.15) is 0 Å². The topological polar surface area (TPSA) is 93.2 Å². The van der Waals surface area contributed by atoms with Crippen molar-refractivity contribution in [1.29, 1.82) is 0 Å². The lowest BCUT2D eigenvalue weighted by molar-refractivity contribution is -0.115. The van der Waals surface area contributed by atoms with Gasteiger partial charge in [-0.2, -0.15) is 0 Å². The van der Waals surface area contributed by atoms with Crippen LogP contribution < -0.4 is 10.6 Å². The highest BCUT2D eigenvalue weighted by Gasteiger charge is 2.12. The summed E-state index contributed by atoms with van der Waals surface area (Å²) in [5, 5.41) is 13.9. The fourth-order valence-corrected chi connectivity index (χ4v) is 2.78. The predicted octanol–water partition coefficient (Wildman–Crippen LogP) is 3.89. The molecule has 7 nitrogen and oxygen atoms in total. The van der Waals surface area contributed by atoms with E-state index in [0.717, 1.165) is 11.1 Å². The number of ether oxygens (including phenoxy) is 1. The van der Waals surface area contributed by atoms with E-state index >= 15 is 0 Å². The van der Waals surface area contributed by atoms with Gasteiger partial charge in [-0.15, -0.1) is 10.2 Å². The molecule has 3 aromatic rings. The van der Waals surface area contributed by atoms with Crippen LogP contribution in [0.1, 0.15) is 28.4 Å². The fourth-order valence-electron chi connectivity index (χ4n) is 2.78. The molecule has 0 aliphatic carbocycles. The second-order valence-electron chi connectivity index (χ2n) is 6.41. The zero-order valence-electron chi connectivity index (χ0n) is 16.3. The van der Waals surface area contributed by atoms with Gasteiger partial charge in [-0.3, -0.25) is 4.79 Å². The van der Waals surface area contributed by atoms with Gasteiger partial charge in [0.05, 0.1) is 24.3 Å². The maximum atomic E-state index is 12.2. The molecule has 1 heterocycles. The highest BCUT2D eigenvalue weighted by molar-refractivity contribution is 5.96. The van der Waals surface area contributed by atoms with Crippen molar-refractivity contribution >= 4 is 29.2 Å². The number of hydrogen-bond acceptors (Lipinski definition) is 6. The lowest BCUT2D eigenvalue weighted by Crippen LogP contribution is -2.16. The molecule has 0 unspecified atom stereocenters. The van der Waals surface area contributed by atoms with E-state index in [1.807, 2.05) is 31.2 Å². The molecule has 0 aliphatic rings. The summed E-state index contributed by atoms with van der Waals surface area (Å²) in [4.78, 5) is 24.3. The van der Waals surface area contributed by atoms with Crippen LogP contribution in [0.25, 0.3) is 0 Å². The summed E-state index contributed by atoms with van der Waals surface area (Å²) < 4.78 is 5.06. The second-order valence-corrected chi connectivity index (χ2v) is 6.41. The first-order valence-electron chi connectivity index (χ1n) is 9.27. The van der Waals surface area contributed by atoms with Crippen LogP contribution in [0.3, 0.4) is 0 Å². The Kier molecular flexibility index (Phi) is 6.52. The highest BCUT2D eigenvalue weighted by Crippen LogP contribution is 2.20. The zero-order chi connectivity index (χ0) is 20.6. The van der Waals surface area contributed by atoms with Crippen LogP contribution in [0.2, 0.25) is 0 Å². The van der Waals surface area contributed by atoms with E-state index in [9.17, 15) is 9.59 Å². The van der Waals surface area contributed by atoms with E-state index in [4.69, 9.17) is 4.74 Å². The molecular formula is C22H22N4O3. The molecular weight excluding hydrogens is 368 g/mol. The molecule has 0 aliphatic heterocycles. The van der Waals surface area contributed by atoms with Crippen molar-refractivity contribution in [3.05, 3.63) is 77.4 Å². The summed E-state index contributed by atoms with van der Waals surface area (Å²) in [7, 11) is 0. The molecule has 0 spiro atoms. The summed E-state index contributed by atoms with van der Waals surface area (Å²) >= 11 is 0. The first-order valence-corrected chi connectivity index (χ1v) is 9.27. The molecule has 7 heteroatoms. The van der Waals surface area contributed by atoms with Gasteiger partial charge in [-0.25, -0.2) is 4.79 Å². The molecule has 0 radical (unpaired) electrons. The predicted molar refractivity (Wildman–Crippen MR) is 111 cm³/mol. The van der Waals surface area contributed by atoms with Gasteiger partial charge in [0.25, 0.3) is 0 Å². The maximum Gasteiger partial charge on any atom is 0.340 e. The van der Waals surface area contributed by atoms with Gasteiger partial charge in [0.15, 0.2) is 11.6 Å². The number of aryl methyl sites for hydroxylation is 1. The van der Waals surface area contributed by atoms with Crippen LogP contribution in [-0.4, -0.2) is 28.7 Å². The smallest absolute Gasteiger partial charge is 0.340 e. The van der Waals surface area contributed by atoms with Crippen LogP contribution in [0.15, 0.2) is 60.7 Å². The van der Waals surface area contributed by atoms with Crippen molar-refractivity contribution in [3.8, 4) is 0 Å². The van der Waals surface area contributed by atoms with Gasteiger partial charge in [-0.1, -0.05) is 42.0 Å². The Labute approximate surface area is 169 Å². The summed E-state index contributed by atoms with van der Waals surface area (Å²) in [6.45, 7) is 4.04. The molecule has 29 heavy (non-hydrogen) atoms. The van der Waals surface area contributed by atoms with Crippen molar-refractivity contribution in [3.63, 3.8) is 0 Å². The number of nitrogens with one attached hydrogen (secondary N) is 2. The van der Waals surface area contributed by atoms with Crippen LogP contribution >= 0.6 is 0 Å². The number of nitrogens with zero attached hydrogens (tertiary/aromatic N) is 2. The fraction of sp³-hybridized carbons (Fsp3) is 0.182. The third-order valence-electron chi connectivity index (χ3n) is 4.06. The molecule has 0 saturated heterocycles. The normalized spacial score (nSPS) is 10.3. The van der Waals surface area contributed by atoms with Crippen LogP contribution in [-0.2, 0) is 16.0 Å². The minimum absolute atomic E-state index is 0.168. The molecule has 2 aromatic carbocycles. The number of aromatic nitrogens is 2. The SMILES string of the molecule is CCOC(=O)c1ccccc1Nc1ccc(NC(=O)Cc2cccc(C)c2)nn1. The van der Waals surface area contributed by atoms with Crippen molar-refractivity contribution in [2.45, 2.75) is 20.3 Å². The van der Waals surface area contributed by atoms with Crippen LogP contribution in [0.5, 0.6) is 0 Å². The summed E-state index contributed by atoms with van der Waals surface area (Å²) in [5.74, 6) is 0.215. The number of para-hydroxylation sites is 1. The summed E-state index contributed by atoms with van der Waals surface area (Å²) in [6.07, 6.45) is 0.260. The Balaban J connectivity index is 1.64. The minimum atomic E-state index is -0.413. The highest BCUT2D eigenvalue weighted by atomic mass is 16.5. The number of carbonyl (C=O) groups is 2. The molecule has 0 saturated carbocycles. The first-order chi connectivity index (χ1) is 14.0. The average molecular weight is 390 g/mol. The molecule has 0 atom stereocenters. The molecule has 1 aromatic heterocycles. The van der Waals surface area contributed by atoms with E-state index in [0.29, 0.717) is 29.5 Å². The number of amides is 1. The Bertz CT molecular complexity index is 1000. The van der Waals surface area contributed by atoms with Crippen molar-refractivity contribution in [1.82, 2.24) is 10.2 Å². The molecule has 0 fully saturated rings. The quantitative estimate of drug-likeness (QED) is 0.595. The Morgan fingerprint density at radius 3 is 2.45 bits per heavy atom. The number of hydrogen-bond donors (Lipinski definition) is 2. The maximum absolute atomic E-state index is 12.2. The Morgan fingerprint density at radius 1 is 0.966 bits per heavy atom. The monoisotopic (exact) mass is 390 g/mol. The number of carbonyl (C=O) groups excluding carboxylic acids is 2. The van der Waals surface area contributed by atoms with Gasteiger partial charge in [0.2, 0.25) is 5.91 Å². The molecule has 0 bridgehead atoms. The van der Waals surface area contributed by atoms with Crippen molar-refractivity contribution < 1.29 is 14.3 Å². The molecule has 3 rings (SSSR count). The molecule has 1 amide bonds. The molecule has 148 valence electrons. The minimum Gasteiger partial charge on any atom is -0.462 e. The van der Waals surface area contributed by atoms with Crippen molar-refractivity contribution in [2.24, 2.45) is 0 Å². The number of rotatable bonds is 7. The average Bonchev–Trinajstić information content (AvgIpc) is 2.70. The van der Waals surface area contributed by atoms with Gasteiger partial charge >= 0.3 is 5.97 Å². The molecule has 2 N–H and O–H groups in total. The summed E-state index contributed by atoms with van der Waals surface area (Å²) in [6, 6.07) is 18.1. The third kappa shape index (κ3) is 5.62. The van der Waals surface area contributed by atoms with E-state index in [1.54, 1.807) is 43.3 Å². The van der Waals surface area contributed by atoms with Gasteiger partial charge in [0, 0.05) is 0 Å². The van der Waals surface area contributed by atoms with E-state index in [2.05, 4.69) is 20.8 Å². The zero-order valence-corrected chi connectivity index (χ0v) is 16.3. The van der Waals surface area contributed by atoms with Crippen LogP contribution in [0.4, 0.5) is 17.3 Å². The Hall–Kier alpha value is -3.74. The number of anilines is 3. The van der Waals surface area contributed by atoms with E-state index in [-0.39, 0.29) is 12.3 Å². The van der Waals surface area contributed by atoms with Gasteiger partial charge < -0.3 is 15.4 Å².